The van der Waals surface area contributed by atoms with Gasteiger partial charge in [-0.25, -0.2) is 27.5 Å². The molecule has 1 aromatic carbocycles. The number of methoxy groups -OCH3 is 1. The molecule has 192 valence electrons. The summed E-state index contributed by atoms with van der Waals surface area (Å²) >= 11 is 1.46. The van der Waals surface area contributed by atoms with Crippen LogP contribution in [0.4, 0.5) is 17.6 Å². The molecule has 5 rings (SSSR count). The van der Waals surface area contributed by atoms with E-state index in [1.54, 1.807) is 13.2 Å². The van der Waals surface area contributed by atoms with Crippen molar-refractivity contribution in [2.45, 2.75) is 42.4 Å². The van der Waals surface area contributed by atoms with E-state index in [9.17, 15) is 17.6 Å². The highest BCUT2D eigenvalue weighted by atomic mass is 32.2. The molecule has 36 heavy (non-hydrogen) atoms. The van der Waals surface area contributed by atoms with E-state index in [4.69, 9.17) is 15.2 Å². The van der Waals surface area contributed by atoms with Gasteiger partial charge in [0.1, 0.15) is 11.5 Å². The largest absolute Gasteiger partial charge is 0.476 e. The maximum Gasteiger partial charge on any atom is 0.248 e. The van der Waals surface area contributed by atoms with E-state index in [1.165, 1.54) is 42.4 Å². The van der Waals surface area contributed by atoms with E-state index in [2.05, 4.69) is 15.0 Å². The van der Waals surface area contributed by atoms with E-state index in [0.717, 1.165) is 6.42 Å². The van der Waals surface area contributed by atoms with Crippen molar-refractivity contribution in [3.63, 3.8) is 0 Å². The zero-order valence-corrected chi connectivity index (χ0v) is 20.6. The van der Waals surface area contributed by atoms with Gasteiger partial charge in [0.05, 0.1) is 35.9 Å². The van der Waals surface area contributed by atoms with Crippen molar-refractivity contribution in [1.82, 2.24) is 9.97 Å². The lowest BCUT2D eigenvalue weighted by Gasteiger charge is -2.34. The summed E-state index contributed by atoms with van der Waals surface area (Å²) in [6, 6.07) is 4.35. The number of nitrogens with zero attached hydrogens (tertiary/aromatic N) is 3. The van der Waals surface area contributed by atoms with Crippen LogP contribution in [0.1, 0.15) is 43.0 Å². The molecule has 1 unspecified atom stereocenters. The van der Waals surface area contributed by atoms with Crippen molar-refractivity contribution in [1.29, 1.82) is 0 Å². The number of hydrogen-bond donors (Lipinski definition) is 1. The van der Waals surface area contributed by atoms with Crippen LogP contribution in [0.2, 0.25) is 0 Å². The van der Waals surface area contributed by atoms with E-state index < -0.39 is 23.1 Å². The third kappa shape index (κ3) is 4.70. The minimum Gasteiger partial charge on any atom is -0.476 e. The van der Waals surface area contributed by atoms with Crippen LogP contribution in [-0.4, -0.2) is 46.1 Å². The lowest BCUT2D eigenvalue weighted by atomic mass is 9.82. The molecular formula is C25H26F4N4O2S. The number of halogens is 4. The maximum atomic E-state index is 15.0. The molecule has 1 aliphatic heterocycles. The monoisotopic (exact) mass is 522 g/mol. The van der Waals surface area contributed by atoms with Gasteiger partial charge in [-0.15, -0.1) is 0 Å². The topological polar surface area (TPSA) is 82.6 Å². The molecule has 2 N–H and O–H groups in total. The van der Waals surface area contributed by atoms with Crippen LogP contribution >= 0.6 is 11.8 Å². The highest BCUT2D eigenvalue weighted by Crippen LogP contribution is 2.65. The molecule has 0 saturated heterocycles. The van der Waals surface area contributed by atoms with Gasteiger partial charge < -0.3 is 15.2 Å². The summed E-state index contributed by atoms with van der Waals surface area (Å²) < 4.78 is 66.3. The summed E-state index contributed by atoms with van der Waals surface area (Å²) in [5.41, 5.74) is 5.94. The average molecular weight is 523 g/mol. The Morgan fingerprint density at radius 1 is 1.22 bits per heavy atom. The summed E-state index contributed by atoms with van der Waals surface area (Å²) in [7, 11) is 1.62. The van der Waals surface area contributed by atoms with Crippen LogP contribution in [0.25, 0.3) is 11.9 Å². The second-order valence-electron chi connectivity index (χ2n) is 9.87. The Kier molecular flexibility index (Phi) is 6.27. The molecule has 2 fully saturated rings. The predicted octanol–water partition coefficient (Wildman–Crippen LogP) is 5.19. The number of nitrogens with two attached hydrogens (primary N) is 1. The molecule has 2 heterocycles. The number of hydrogen-bond acceptors (Lipinski definition) is 7. The first kappa shape index (κ1) is 25.0. The zero-order valence-electron chi connectivity index (χ0n) is 19.8. The second kappa shape index (κ2) is 9.02. The van der Waals surface area contributed by atoms with Gasteiger partial charge in [0.25, 0.3) is 0 Å². The molecule has 6 nitrogen and oxygen atoms in total. The summed E-state index contributed by atoms with van der Waals surface area (Å²) in [4.78, 5) is 12.6. The van der Waals surface area contributed by atoms with Crippen LogP contribution < -0.4 is 10.5 Å². The van der Waals surface area contributed by atoms with Gasteiger partial charge in [-0.05, 0) is 37.1 Å². The summed E-state index contributed by atoms with van der Waals surface area (Å²) in [6.45, 7) is 2.44. The fourth-order valence-corrected chi connectivity index (χ4v) is 6.64. The molecule has 3 atom stereocenters. The molecule has 0 bridgehead atoms. The molecule has 11 heteroatoms. The van der Waals surface area contributed by atoms with Gasteiger partial charge >= 0.3 is 0 Å². The van der Waals surface area contributed by atoms with Crippen LogP contribution in [0, 0.1) is 17.7 Å². The Morgan fingerprint density at radius 3 is 2.67 bits per heavy atom. The van der Waals surface area contributed by atoms with Gasteiger partial charge in [-0.2, -0.15) is 0 Å². The smallest absolute Gasteiger partial charge is 0.248 e. The average Bonchev–Trinajstić information content (AvgIpc) is 3.52. The first-order chi connectivity index (χ1) is 17.0. The highest BCUT2D eigenvalue weighted by molar-refractivity contribution is 8.15. The Morgan fingerprint density at radius 2 is 2.00 bits per heavy atom. The number of aliphatic imine (C=N–C) groups is 1. The standard InChI is InChI=1S/C25H26F4N4O2S/c1-23(20-9-24(20,13-34-2)36-22(30)33-23)16-5-14(3-4-17(16)26)6-18(27)19-10-32-21(11-31-19)35-12-15-7-25(28,29)8-15/h3-6,10-11,15,20H,7-9,12-13H2,1-2H3,(H2,30,33)/b18-6-/t20?,23-,24-/m1/s1. The first-order valence-electron chi connectivity index (χ1n) is 11.6. The minimum absolute atomic E-state index is 0.0328. The molecule has 2 aromatic rings. The Labute approximate surface area is 210 Å². The van der Waals surface area contributed by atoms with E-state index >= 15 is 0 Å². The van der Waals surface area contributed by atoms with Crippen molar-refractivity contribution in [3.05, 3.63) is 53.2 Å². The van der Waals surface area contributed by atoms with Gasteiger partial charge in [0.15, 0.2) is 11.0 Å². The Balaban J connectivity index is 1.32. The Bertz CT molecular complexity index is 1220. The maximum absolute atomic E-state index is 15.0. The molecule has 0 radical (unpaired) electrons. The van der Waals surface area contributed by atoms with E-state index in [0.29, 0.717) is 22.9 Å². The number of ether oxygens (including phenoxy) is 2. The molecule has 3 aliphatic rings. The van der Waals surface area contributed by atoms with Crippen molar-refractivity contribution in [2.75, 3.05) is 20.3 Å². The number of fused-ring (bicyclic) bond motifs is 1. The SMILES string of the molecule is COC[C@]12CC1[C@@](C)(c1cc(/C=C(\F)c3cnc(OCC4CC(F)(F)C4)cn3)ccc1F)N=C(N)S2. The quantitative estimate of drug-likeness (QED) is 0.481. The van der Waals surface area contributed by atoms with Crippen LogP contribution in [0.3, 0.4) is 0 Å². The lowest BCUT2D eigenvalue weighted by molar-refractivity contribution is -0.119. The zero-order chi connectivity index (χ0) is 25.7. The first-order valence-corrected chi connectivity index (χ1v) is 12.4. The number of aromatic nitrogens is 2. The van der Waals surface area contributed by atoms with Crippen LogP contribution in [0.15, 0.2) is 35.6 Å². The Hall–Kier alpha value is -2.66. The lowest BCUT2D eigenvalue weighted by Crippen LogP contribution is -2.38. The van der Waals surface area contributed by atoms with Gasteiger partial charge in [0.2, 0.25) is 11.8 Å². The summed E-state index contributed by atoms with van der Waals surface area (Å²) in [5.74, 6) is -3.79. The normalized spacial score (nSPS) is 29.2. The molecule has 0 spiro atoms. The van der Waals surface area contributed by atoms with Crippen LogP contribution in [0.5, 0.6) is 5.88 Å². The van der Waals surface area contributed by atoms with Crippen molar-refractivity contribution in [2.24, 2.45) is 22.6 Å². The third-order valence-corrected chi connectivity index (χ3v) is 8.36. The fraction of sp³-hybridized carbons (Fsp3) is 0.480. The van der Waals surface area contributed by atoms with E-state index in [1.807, 2.05) is 6.92 Å². The van der Waals surface area contributed by atoms with Crippen molar-refractivity contribution >= 4 is 28.8 Å². The molecule has 1 aromatic heterocycles. The molecular weight excluding hydrogens is 496 g/mol. The number of alkyl halides is 2. The number of thioether (sulfide) groups is 1. The van der Waals surface area contributed by atoms with Gasteiger partial charge in [-0.1, -0.05) is 17.8 Å². The van der Waals surface area contributed by atoms with E-state index in [-0.39, 0.29) is 47.6 Å². The van der Waals surface area contributed by atoms with Crippen molar-refractivity contribution < 1.29 is 27.0 Å². The fourth-order valence-electron chi connectivity index (χ4n) is 5.19. The summed E-state index contributed by atoms with van der Waals surface area (Å²) in [6.07, 6.45) is 4.06. The van der Waals surface area contributed by atoms with Gasteiger partial charge in [0, 0.05) is 37.4 Å². The minimum atomic E-state index is -2.62. The molecule has 2 saturated carbocycles. The number of rotatable bonds is 8. The molecule has 0 amide bonds. The van der Waals surface area contributed by atoms with Gasteiger partial charge in [-0.3, -0.25) is 4.99 Å². The summed E-state index contributed by atoms with van der Waals surface area (Å²) in [5, 5.41) is 0.374. The number of amidine groups is 1. The van der Waals surface area contributed by atoms with Crippen molar-refractivity contribution in [3.8, 4) is 5.88 Å². The van der Waals surface area contributed by atoms with Crippen LogP contribution in [-0.2, 0) is 10.3 Å². The molecule has 2 aliphatic carbocycles. The predicted molar refractivity (Wildman–Crippen MR) is 130 cm³/mol. The number of benzene rings is 1. The third-order valence-electron chi connectivity index (χ3n) is 7.09. The second-order valence-corrected chi connectivity index (χ2v) is 11.3. The highest BCUT2D eigenvalue weighted by Gasteiger charge is 2.66.